The largest absolute Gasteiger partial charge is 0.378 e. The molecule has 0 unspecified atom stereocenters. The molecule has 1 aromatic heterocycles. The van der Waals surface area contributed by atoms with E-state index in [1.165, 1.54) is 24.4 Å². The van der Waals surface area contributed by atoms with Gasteiger partial charge in [-0.25, -0.2) is 8.78 Å². The summed E-state index contributed by atoms with van der Waals surface area (Å²) in [7, 11) is 1.55. The summed E-state index contributed by atoms with van der Waals surface area (Å²) in [5, 5.41) is 2.85. The Labute approximate surface area is 216 Å². The molecule has 1 aromatic carbocycles. The van der Waals surface area contributed by atoms with Crippen LogP contribution in [0.2, 0.25) is 0 Å². The minimum absolute atomic E-state index is 0.144. The van der Waals surface area contributed by atoms with Gasteiger partial charge in [-0.1, -0.05) is 36.6 Å². The SMILES string of the molecule is CNC(=O)[C@@]1(C)SC(N)=N[C@](C)(c2cc(/C=C(\F)c3ccc(C#CC(C)(C)C)cn3)ccc2F)[C@@H]1C. The predicted octanol–water partition coefficient (Wildman–Crippen LogP) is 5.50. The number of nitrogens with two attached hydrogens (primary N) is 1. The highest BCUT2D eigenvalue weighted by molar-refractivity contribution is 8.15. The van der Waals surface area contributed by atoms with Crippen LogP contribution in [0.25, 0.3) is 11.9 Å². The summed E-state index contributed by atoms with van der Waals surface area (Å²) in [5.74, 6) is 4.41. The molecule has 36 heavy (non-hydrogen) atoms. The van der Waals surface area contributed by atoms with Crippen LogP contribution in [0.3, 0.4) is 0 Å². The molecule has 2 heterocycles. The van der Waals surface area contributed by atoms with Gasteiger partial charge in [0.2, 0.25) is 5.91 Å². The smallest absolute Gasteiger partial charge is 0.236 e. The Morgan fingerprint density at radius 1 is 1.25 bits per heavy atom. The highest BCUT2D eigenvalue weighted by Crippen LogP contribution is 2.50. The van der Waals surface area contributed by atoms with E-state index in [0.29, 0.717) is 11.1 Å². The van der Waals surface area contributed by atoms with Crippen molar-refractivity contribution in [3.05, 3.63) is 64.7 Å². The van der Waals surface area contributed by atoms with E-state index in [-0.39, 0.29) is 27.7 Å². The third-order valence-corrected chi connectivity index (χ3v) is 7.69. The first-order chi connectivity index (χ1) is 16.7. The molecule has 0 radical (unpaired) electrons. The van der Waals surface area contributed by atoms with Crippen LogP contribution in [0.1, 0.15) is 63.9 Å². The third-order valence-electron chi connectivity index (χ3n) is 6.43. The number of hydrogen-bond acceptors (Lipinski definition) is 5. The second kappa shape index (κ2) is 10.1. The molecule has 0 bridgehead atoms. The van der Waals surface area contributed by atoms with E-state index in [0.717, 1.165) is 11.8 Å². The summed E-state index contributed by atoms with van der Waals surface area (Å²) in [6.07, 6.45) is 2.82. The Morgan fingerprint density at radius 3 is 2.53 bits per heavy atom. The summed E-state index contributed by atoms with van der Waals surface area (Å²) in [4.78, 5) is 21.5. The Bertz CT molecular complexity index is 1290. The molecular weight excluding hydrogens is 478 g/mol. The van der Waals surface area contributed by atoms with Crippen LogP contribution in [0.15, 0.2) is 41.5 Å². The van der Waals surface area contributed by atoms with E-state index in [1.807, 2.05) is 27.7 Å². The van der Waals surface area contributed by atoms with E-state index in [9.17, 15) is 4.79 Å². The number of carbonyl (C=O) groups is 1. The summed E-state index contributed by atoms with van der Waals surface area (Å²) >= 11 is 1.15. The number of nitrogens with zero attached hydrogens (tertiary/aromatic N) is 2. The monoisotopic (exact) mass is 510 g/mol. The molecule has 0 saturated heterocycles. The topological polar surface area (TPSA) is 80.4 Å². The lowest BCUT2D eigenvalue weighted by Crippen LogP contribution is -2.55. The fraction of sp³-hybridized carbons (Fsp3) is 0.393. The van der Waals surface area contributed by atoms with Crippen LogP contribution in [-0.2, 0) is 10.3 Å². The molecule has 0 spiro atoms. The number of thioether (sulfide) groups is 1. The van der Waals surface area contributed by atoms with Crippen molar-refractivity contribution < 1.29 is 13.6 Å². The standard InChI is InChI=1S/C28H32F2N4OS/c1-17-27(5,34-25(31)36-28(17,6)24(35)32-7)20-14-19(8-10-21(20)29)15-22(30)23-11-9-18(16-33-23)12-13-26(2,3)4/h8-11,14-17H,1-7H3,(H2,31,34)(H,32,35)/b22-15-/t17-,27-,28-/m0/s1. The van der Waals surface area contributed by atoms with Gasteiger partial charge in [-0.3, -0.25) is 14.8 Å². The Balaban J connectivity index is 1.98. The average Bonchev–Trinajstić information content (AvgIpc) is 2.81. The molecule has 1 aliphatic rings. The number of amides is 1. The van der Waals surface area contributed by atoms with Crippen molar-refractivity contribution in [2.45, 2.75) is 51.8 Å². The van der Waals surface area contributed by atoms with E-state index >= 15 is 8.78 Å². The normalized spacial score (nSPS) is 24.4. The first-order valence-electron chi connectivity index (χ1n) is 11.6. The molecule has 0 fully saturated rings. The quantitative estimate of drug-likeness (QED) is 0.532. The maximum Gasteiger partial charge on any atom is 0.236 e. The second-order valence-corrected chi connectivity index (χ2v) is 11.7. The number of carbonyl (C=O) groups excluding carboxylic acids is 1. The molecule has 0 aliphatic carbocycles. The molecule has 5 nitrogen and oxygen atoms in total. The van der Waals surface area contributed by atoms with Gasteiger partial charge in [-0.15, -0.1) is 0 Å². The van der Waals surface area contributed by atoms with Crippen molar-refractivity contribution in [3.8, 4) is 11.8 Å². The maximum absolute atomic E-state index is 15.1. The lowest BCUT2D eigenvalue weighted by molar-refractivity contribution is -0.124. The molecule has 1 aliphatic heterocycles. The van der Waals surface area contributed by atoms with Crippen molar-refractivity contribution in [3.63, 3.8) is 0 Å². The van der Waals surface area contributed by atoms with Crippen LogP contribution in [0.4, 0.5) is 8.78 Å². The van der Waals surface area contributed by atoms with Crippen molar-refractivity contribution in [1.82, 2.24) is 10.3 Å². The molecule has 0 saturated carbocycles. The maximum atomic E-state index is 15.1. The Hall–Kier alpha value is -3.18. The van der Waals surface area contributed by atoms with Gasteiger partial charge in [-0.2, -0.15) is 0 Å². The van der Waals surface area contributed by atoms with Gasteiger partial charge in [0, 0.05) is 35.7 Å². The van der Waals surface area contributed by atoms with E-state index in [1.54, 1.807) is 39.1 Å². The number of rotatable bonds is 4. The van der Waals surface area contributed by atoms with E-state index in [4.69, 9.17) is 5.73 Å². The number of pyridine rings is 1. The van der Waals surface area contributed by atoms with E-state index < -0.39 is 27.8 Å². The molecule has 3 N–H and O–H groups in total. The summed E-state index contributed by atoms with van der Waals surface area (Å²) in [6.45, 7) is 11.4. The lowest BCUT2D eigenvalue weighted by Gasteiger charge is -2.46. The highest BCUT2D eigenvalue weighted by atomic mass is 32.2. The van der Waals surface area contributed by atoms with Gasteiger partial charge >= 0.3 is 0 Å². The highest BCUT2D eigenvalue weighted by Gasteiger charge is 2.53. The minimum Gasteiger partial charge on any atom is -0.378 e. The predicted molar refractivity (Wildman–Crippen MR) is 144 cm³/mol. The number of benzene rings is 1. The fourth-order valence-electron chi connectivity index (χ4n) is 4.08. The molecule has 1 amide bonds. The van der Waals surface area contributed by atoms with Crippen LogP contribution in [-0.4, -0.2) is 27.9 Å². The van der Waals surface area contributed by atoms with Crippen molar-refractivity contribution in [2.24, 2.45) is 22.1 Å². The number of nitrogens with one attached hydrogen (secondary N) is 1. The van der Waals surface area contributed by atoms with Gasteiger partial charge in [-0.05, 0) is 70.5 Å². The number of hydrogen-bond donors (Lipinski definition) is 2. The Kier molecular flexibility index (Phi) is 7.66. The van der Waals surface area contributed by atoms with Crippen LogP contribution in [0, 0.1) is 29.0 Å². The second-order valence-electron chi connectivity index (χ2n) is 10.3. The fourth-order valence-corrected chi connectivity index (χ4v) is 5.36. The number of halogens is 2. The number of aromatic nitrogens is 1. The average molecular weight is 511 g/mol. The van der Waals surface area contributed by atoms with Crippen molar-refractivity contribution in [2.75, 3.05) is 7.05 Å². The zero-order valence-corrected chi connectivity index (χ0v) is 22.5. The third kappa shape index (κ3) is 5.62. The van der Waals surface area contributed by atoms with Crippen molar-refractivity contribution >= 4 is 34.7 Å². The molecule has 2 aromatic rings. The molecule has 3 atom stereocenters. The minimum atomic E-state index is -1.15. The van der Waals surface area contributed by atoms with Gasteiger partial charge in [0.05, 0.1) is 11.2 Å². The van der Waals surface area contributed by atoms with Gasteiger partial charge in [0.15, 0.2) is 5.17 Å². The van der Waals surface area contributed by atoms with Gasteiger partial charge < -0.3 is 11.1 Å². The summed E-state index contributed by atoms with van der Waals surface area (Å²) < 4.78 is 29.2. The van der Waals surface area contributed by atoms with Crippen LogP contribution in [0.5, 0.6) is 0 Å². The zero-order valence-electron chi connectivity index (χ0n) is 21.7. The zero-order chi connectivity index (χ0) is 26.9. The summed E-state index contributed by atoms with van der Waals surface area (Å²) in [5.41, 5.74) is 6.31. The Morgan fingerprint density at radius 2 is 1.94 bits per heavy atom. The van der Waals surface area contributed by atoms with E-state index in [2.05, 4.69) is 27.1 Å². The van der Waals surface area contributed by atoms with Crippen LogP contribution >= 0.6 is 11.8 Å². The first-order valence-corrected chi connectivity index (χ1v) is 12.4. The van der Waals surface area contributed by atoms with Crippen molar-refractivity contribution in [1.29, 1.82) is 0 Å². The molecule has 3 rings (SSSR count). The summed E-state index contributed by atoms with van der Waals surface area (Å²) in [6, 6.07) is 7.58. The van der Waals surface area contributed by atoms with Gasteiger partial charge in [0.25, 0.3) is 0 Å². The number of amidine groups is 1. The lowest BCUT2D eigenvalue weighted by atomic mass is 9.73. The van der Waals surface area contributed by atoms with Gasteiger partial charge in [0.1, 0.15) is 16.4 Å². The molecular formula is C28H32F2N4OS. The number of aliphatic imine (C=N–C) groups is 1. The molecule has 190 valence electrons. The molecule has 8 heteroatoms. The van der Waals surface area contributed by atoms with Crippen LogP contribution < -0.4 is 11.1 Å². The first kappa shape index (κ1) is 27.4.